The normalized spacial score (nSPS) is 10.5. The number of benzene rings is 1. The highest BCUT2D eigenvalue weighted by Gasteiger charge is 2.14. The highest BCUT2D eigenvalue weighted by Crippen LogP contribution is 2.28. The van der Waals surface area contributed by atoms with Crippen LogP contribution < -0.4 is 10.1 Å². The summed E-state index contributed by atoms with van der Waals surface area (Å²) in [6.07, 6.45) is 0. The van der Waals surface area contributed by atoms with Gasteiger partial charge in [0.2, 0.25) is 0 Å². The predicted octanol–water partition coefficient (Wildman–Crippen LogP) is 2.36. The molecule has 0 radical (unpaired) electrons. The van der Waals surface area contributed by atoms with Crippen LogP contribution in [0.1, 0.15) is 13.8 Å². The van der Waals surface area contributed by atoms with Crippen LogP contribution in [0.5, 0.6) is 5.75 Å². The Morgan fingerprint density at radius 3 is 2.58 bits per heavy atom. The lowest BCUT2D eigenvalue weighted by Crippen LogP contribution is -2.28. The summed E-state index contributed by atoms with van der Waals surface area (Å²) in [5.41, 5.74) is 0.567. The molecule has 0 aliphatic rings. The molecule has 6 heteroatoms. The predicted molar refractivity (Wildman–Crippen MR) is 75.9 cm³/mol. The maximum absolute atomic E-state index is 11.0. The van der Waals surface area contributed by atoms with Gasteiger partial charge in [-0.2, -0.15) is 0 Å². The van der Waals surface area contributed by atoms with Crippen molar-refractivity contribution < 1.29 is 9.66 Å². The third-order valence-electron chi connectivity index (χ3n) is 3.04. The van der Waals surface area contributed by atoms with Gasteiger partial charge in [-0.3, -0.25) is 10.1 Å². The summed E-state index contributed by atoms with van der Waals surface area (Å²) in [6, 6.07) is 4.83. The zero-order valence-corrected chi connectivity index (χ0v) is 11.7. The van der Waals surface area contributed by atoms with Gasteiger partial charge in [-0.25, -0.2) is 0 Å². The van der Waals surface area contributed by atoms with Crippen LogP contribution in [-0.2, 0) is 0 Å². The van der Waals surface area contributed by atoms with Crippen LogP contribution in [-0.4, -0.2) is 43.1 Å². The molecule has 1 aromatic carbocycles. The fourth-order valence-corrected chi connectivity index (χ4v) is 1.83. The number of nitro groups is 1. The molecule has 0 fully saturated rings. The van der Waals surface area contributed by atoms with E-state index in [0.29, 0.717) is 18.0 Å². The van der Waals surface area contributed by atoms with E-state index < -0.39 is 4.92 Å². The highest BCUT2D eigenvalue weighted by molar-refractivity contribution is 5.63. The largest absolute Gasteiger partial charge is 0.496 e. The van der Waals surface area contributed by atoms with Gasteiger partial charge in [-0.05, 0) is 25.2 Å². The Bertz CT molecular complexity index is 420. The van der Waals surface area contributed by atoms with Crippen molar-refractivity contribution in [3.63, 3.8) is 0 Å². The van der Waals surface area contributed by atoms with E-state index in [-0.39, 0.29) is 5.69 Å². The van der Waals surface area contributed by atoms with Crippen molar-refractivity contribution in [2.24, 2.45) is 0 Å². The van der Waals surface area contributed by atoms with E-state index in [1.54, 1.807) is 12.1 Å². The summed E-state index contributed by atoms with van der Waals surface area (Å²) < 4.78 is 5.00. The molecule has 0 aliphatic carbocycles. The number of methoxy groups -OCH3 is 1. The lowest BCUT2D eigenvalue weighted by molar-refractivity contribution is -0.384. The van der Waals surface area contributed by atoms with Gasteiger partial charge in [-0.15, -0.1) is 0 Å². The van der Waals surface area contributed by atoms with Gasteiger partial charge in [0.1, 0.15) is 11.4 Å². The maximum Gasteiger partial charge on any atom is 0.296 e. The number of nitro benzene ring substituents is 1. The lowest BCUT2D eigenvalue weighted by Gasteiger charge is -2.18. The summed E-state index contributed by atoms with van der Waals surface area (Å²) in [7, 11) is 1.49. The van der Waals surface area contributed by atoms with Crippen molar-refractivity contribution in [1.82, 2.24) is 4.90 Å². The molecule has 1 N–H and O–H groups in total. The van der Waals surface area contributed by atoms with E-state index >= 15 is 0 Å². The molecule has 0 aliphatic heterocycles. The number of hydrogen-bond acceptors (Lipinski definition) is 5. The molecule has 0 amide bonds. The molecular weight excluding hydrogens is 246 g/mol. The Hall–Kier alpha value is -1.82. The molecule has 6 nitrogen and oxygen atoms in total. The minimum absolute atomic E-state index is 0.0406. The van der Waals surface area contributed by atoms with E-state index in [2.05, 4.69) is 24.1 Å². The maximum atomic E-state index is 11.0. The number of nitrogens with one attached hydrogen (secondary N) is 1. The molecule has 0 unspecified atom stereocenters. The molecule has 0 heterocycles. The second-order valence-corrected chi connectivity index (χ2v) is 4.09. The van der Waals surface area contributed by atoms with Gasteiger partial charge in [-0.1, -0.05) is 13.8 Å². The number of ether oxygens (including phenoxy) is 1. The number of anilines is 1. The molecule has 1 rings (SSSR count). The van der Waals surface area contributed by atoms with Gasteiger partial charge >= 0.3 is 0 Å². The van der Waals surface area contributed by atoms with Crippen LogP contribution in [0, 0.1) is 10.1 Å². The SMILES string of the molecule is CCN(CC)CCNc1ccc(OC)cc1[N+](=O)[O-]. The first kappa shape index (κ1) is 15.2. The molecule has 106 valence electrons. The first-order chi connectivity index (χ1) is 9.12. The smallest absolute Gasteiger partial charge is 0.296 e. The van der Waals surface area contributed by atoms with Gasteiger partial charge in [0.05, 0.1) is 18.1 Å². The van der Waals surface area contributed by atoms with Crippen LogP contribution >= 0.6 is 0 Å². The summed E-state index contributed by atoms with van der Waals surface area (Å²) in [5.74, 6) is 0.487. The summed E-state index contributed by atoms with van der Waals surface area (Å²) in [4.78, 5) is 12.9. The topological polar surface area (TPSA) is 67.6 Å². The minimum atomic E-state index is -0.401. The Morgan fingerprint density at radius 2 is 2.05 bits per heavy atom. The fraction of sp³-hybridized carbons (Fsp3) is 0.538. The third kappa shape index (κ3) is 4.40. The van der Waals surface area contributed by atoms with Crippen LogP contribution in [0.25, 0.3) is 0 Å². The van der Waals surface area contributed by atoms with E-state index in [9.17, 15) is 10.1 Å². The molecule has 0 spiro atoms. The summed E-state index contributed by atoms with van der Waals surface area (Å²) >= 11 is 0. The monoisotopic (exact) mass is 267 g/mol. The molecule has 1 aromatic rings. The molecular formula is C13H21N3O3. The van der Waals surface area contributed by atoms with Crippen molar-refractivity contribution in [2.45, 2.75) is 13.8 Å². The molecule has 19 heavy (non-hydrogen) atoms. The Labute approximate surface area is 113 Å². The Morgan fingerprint density at radius 1 is 1.37 bits per heavy atom. The van der Waals surface area contributed by atoms with Gasteiger partial charge in [0.15, 0.2) is 0 Å². The number of likely N-dealkylation sites (N-methyl/N-ethyl adjacent to an activating group) is 1. The first-order valence-electron chi connectivity index (χ1n) is 6.41. The average molecular weight is 267 g/mol. The molecule has 0 aromatic heterocycles. The number of rotatable bonds is 8. The zero-order chi connectivity index (χ0) is 14.3. The second-order valence-electron chi connectivity index (χ2n) is 4.09. The van der Waals surface area contributed by atoms with E-state index in [4.69, 9.17) is 4.74 Å². The van der Waals surface area contributed by atoms with Crippen molar-refractivity contribution >= 4 is 11.4 Å². The minimum Gasteiger partial charge on any atom is -0.496 e. The van der Waals surface area contributed by atoms with Gasteiger partial charge < -0.3 is 15.0 Å². The van der Waals surface area contributed by atoms with Crippen LogP contribution in [0.15, 0.2) is 18.2 Å². The Kier molecular flexibility index (Phi) is 6.08. The van der Waals surface area contributed by atoms with E-state index in [1.165, 1.54) is 13.2 Å². The second kappa shape index (κ2) is 7.58. The van der Waals surface area contributed by atoms with Crippen LogP contribution in [0.4, 0.5) is 11.4 Å². The first-order valence-corrected chi connectivity index (χ1v) is 6.41. The van der Waals surface area contributed by atoms with E-state index in [0.717, 1.165) is 19.6 Å². The standard InChI is InChI=1S/C13H21N3O3/c1-4-15(5-2)9-8-14-12-7-6-11(19-3)10-13(12)16(17)18/h6-7,10,14H,4-5,8-9H2,1-3H3. The quantitative estimate of drug-likeness (QED) is 0.578. The molecule has 0 atom stereocenters. The Balaban J connectivity index is 2.69. The number of nitrogens with zero attached hydrogens (tertiary/aromatic N) is 2. The van der Waals surface area contributed by atoms with Crippen molar-refractivity contribution in [2.75, 3.05) is 38.6 Å². The van der Waals surface area contributed by atoms with Crippen LogP contribution in [0.3, 0.4) is 0 Å². The number of hydrogen-bond donors (Lipinski definition) is 1. The molecule has 0 bridgehead atoms. The van der Waals surface area contributed by atoms with E-state index in [1.807, 2.05) is 0 Å². The third-order valence-corrected chi connectivity index (χ3v) is 3.04. The summed E-state index contributed by atoms with van der Waals surface area (Å²) in [6.45, 7) is 7.68. The van der Waals surface area contributed by atoms with Crippen LogP contribution in [0.2, 0.25) is 0 Å². The highest BCUT2D eigenvalue weighted by atomic mass is 16.6. The van der Waals surface area contributed by atoms with Crippen molar-refractivity contribution in [3.05, 3.63) is 28.3 Å². The van der Waals surface area contributed by atoms with Gasteiger partial charge in [0, 0.05) is 13.1 Å². The average Bonchev–Trinajstić information content (AvgIpc) is 2.43. The lowest BCUT2D eigenvalue weighted by atomic mass is 10.2. The van der Waals surface area contributed by atoms with Gasteiger partial charge in [0.25, 0.3) is 5.69 Å². The fourth-order valence-electron chi connectivity index (χ4n) is 1.83. The summed E-state index contributed by atoms with van der Waals surface area (Å²) in [5, 5.41) is 14.1. The molecule has 0 saturated heterocycles. The van der Waals surface area contributed by atoms with Crippen molar-refractivity contribution in [1.29, 1.82) is 0 Å². The molecule has 0 saturated carbocycles. The zero-order valence-electron chi connectivity index (χ0n) is 11.7. The van der Waals surface area contributed by atoms with Crippen molar-refractivity contribution in [3.8, 4) is 5.75 Å².